The molecule has 0 amide bonds. The van der Waals surface area contributed by atoms with Crippen LogP contribution in [0.25, 0.3) is 0 Å². The standard InChI is InChI=1S/C10H11F2N3OS/c1-13-10(17)15-14-6-7-2-4-8(5-3-7)16-9(11)12/h2-6,9H,1H3,(H2,13,15,17)/b14-6-. The Kier molecular flexibility index (Phi) is 5.28. The van der Waals surface area contributed by atoms with Crippen molar-refractivity contribution < 1.29 is 13.5 Å². The molecule has 92 valence electrons. The number of benzene rings is 1. The number of hydrogen-bond acceptors (Lipinski definition) is 3. The van der Waals surface area contributed by atoms with Crippen LogP contribution in [0.2, 0.25) is 0 Å². The van der Waals surface area contributed by atoms with Crippen molar-refractivity contribution >= 4 is 23.5 Å². The van der Waals surface area contributed by atoms with Crippen molar-refractivity contribution in [2.24, 2.45) is 5.10 Å². The first kappa shape index (κ1) is 13.3. The highest BCUT2D eigenvalue weighted by Gasteiger charge is 2.02. The lowest BCUT2D eigenvalue weighted by Gasteiger charge is -2.03. The van der Waals surface area contributed by atoms with Crippen LogP contribution >= 0.6 is 12.2 Å². The summed E-state index contributed by atoms with van der Waals surface area (Å²) in [5, 5.41) is 6.91. The molecule has 0 radical (unpaired) electrons. The van der Waals surface area contributed by atoms with Crippen LogP contribution < -0.4 is 15.5 Å². The Bertz CT molecular complexity index is 395. The van der Waals surface area contributed by atoms with Crippen LogP contribution in [0.4, 0.5) is 8.78 Å². The zero-order valence-corrected chi connectivity index (χ0v) is 9.80. The second kappa shape index (κ2) is 6.74. The van der Waals surface area contributed by atoms with Crippen molar-refractivity contribution in [3.8, 4) is 5.75 Å². The van der Waals surface area contributed by atoms with Gasteiger partial charge < -0.3 is 10.1 Å². The Balaban J connectivity index is 2.53. The molecule has 0 aliphatic heterocycles. The van der Waals surface area contributed by atoms with Gasteiger partial charge in [-0.15, -0.1) is 0 Å². The molecule has 0 aromatic heterocycles. The molecule has 0 aliphatic carbocycles. The summed E-state index contributed by atoms with van der Waals surface area (Å²) in [5.74, 6) is 0.107. The molecule has 1 aromatic rings. The number of hydrazone groups is 1. The first-order chi connectivity index (χ1) is 8.11. The number of nitrogens with one attached hydrogen (secondary N) is 2. The third-order valence-corrected chi connectivity index (χ3v) is 2.01. The van der Waals surface area contributed by atoms with Gasteiger partial charge in [0.2, 0.25) is 0 Å². The third kappa shape index (κ3) is 5.21. The number of ether oxygens (including phenoxy) is 1. The van der Waals surface area contributed by atoms with Crippen LogP contribution in [-0.4, -0.2) is 25.0 Å². The van der Waals surface area contributed by atoms with E-state index in [1.54, 1.807) is 19.2 Å². The lowest BCUT2D eigenvalue weighted by Crippen LogP contribution is -2.28. The predicted molar refractivity (Wildman–Crippen MR) is 65.5 cm³/mol. The second-order valence-corrected chi connectivity index (χ2v) is 3.30. The van der Waals surface area contributed by atoms with Gasteiger partial charge in [-0.1, -0.05) is 0 Å². The lowest BCUT2D eigenvalue weighted by molar-refractivity contribution is -0.0498. The number of alkyl halides is 2. The van der Waals surface area contributed by atoms with Gasteiger partial charge in [-0.25, -0.2) is 0 Å². The van der Waals surface area contributed by atoms with Crippen molar-refractivity contribution in [3.63, 3.8) is 0 Å². The Morgan fingerprint density at radius 1 is 1.41 bits per heavy atom. The molecular formula is C10H11F2N3OS. The van der Waals surface area contributed by atoms with Gasteiger partial charge in [0.1, 0.15) is 5.75 Å². The van der Waals surface area contributed by atoms with Crippen LogP contribution in [0.5, 0.6) is 5.75 Å². The maximum Gasteiger partial charge on any atom is 0.387 e. The normalized spacial score (nSPS) is 10.6. The van der Waals surface area contributed by atoms with Crippen LogP contribution in [0.3, 0.4) is 0 Å². The summed E-state index contributed by atoms with van der Waals surface area (Å²) in [7, 11) is 1.67. The minimum atomic E-state index is -2.82. The van der Waals surface area contributed by atoms with Gasteiger partial charge in [0.05, 0.1) is 6.21 Å². The summed E-state index contributed by atoms with van der Waals surface area (Å²) >= 11 is 4.80. The third-order valence-electron chi connectivity index (χ3n) is 1.71. The fraction of sp³-hybridized carbons (Fsp3) is 0.200. The molecule has 0 fully saturated rings. The summed E-state index contributed by atoms with van der Waals surface area (Å²) in [4.78, 5) is 0. The van der Waals surface area contributed by atoms with Crippen molar-refractivity contribution in [3.05, 3.63) is 29.8 Å². The molecule has 0 bridgehead atoms. The predicted octanol–water partition coefficient (Wildman–Crippen LogP) is 1.72. The Morgan fingerprint density at radius 3 is 2.59 bits per heavy atom. The van der Waals surface area contributed by atoms with E-state index < -0.39 is 6.61 Å². The first-order valence-electron chi connectivity index (χ1n) is 4.67. The maximum absolute atomic E-state index is 11.9. The second-order valence-electron chi connectivity index (χ2n) is 2.90. The van der Waals surface area contributed by atoms with E-state index in [4.69, 9.17) is 12.2 Å². The highest BCUT2D eigenvalue weighted by molar-refractivity contribution is 7.80. The quantitative estimate of drug-likeness (QED) is 0.491. The van der Waals surface area contributed by atoms with Crippen molar-refractivity contribution in [2.45, 2.75) is 6.61 Å². The Labute approximate surface area is 103 Å². The van der Waals surface area contributed by atoms with E-state index >= 15 is 0 Å². The summed E-state index contributed by atoms with van der Waals surface area (Å²) in [6.07, 6.45) is 1.51. The molecule has 0 saturated carbocycles. The Hall–Kier alpha value is -1.76. The summed E-state index contributed by atoms with van der Waals surface area (Å²) < 4.78 is 27.9. The number of thiocarbonyl (C=S) groups is 1. The fourth-order valence-electron chi connectivity index (χ4n) is 0.957. The molecule has 0 aliphatic rings. The van der Waals surface area contributed by atoms with Gasteiger partial charge in [-0.3, -0.25) is 5.43 Å². The first-order valence-corrected chi connectivity index (χ1v) is 5.08. The van der Waals surface area contributed by atoms with E-state index in [1.807, 2.05) is 0 Å². The molecular weight excluding hydrogens is 248 g/mol. The van der Waals surface area contributed by atoms with Gasteiger partial charge in [0.15, 0.2) is 5.11 Å². The molecule has 0 heterocycles. The molecule has 2 N–H and O–H groups in total. The van der Waals surface area contributed by atoms with E-state index in [0.29, 0.717) is 5.11 Å². The number of hydrogen-bond donors (Lipinski definition) is 2. The van der Waals surface area contributed by atoms with Gasteiger partial charge in [0.25, 0.3) is 0 Å². The molecule has 1 aromatic carbocycles. The summed E-state index contributed by atoms with van der Waals surface area (Å²) in [6.45, 7) is -2.82. The fourth-order valence-corrected chi connectivity index (χ4v) is 1.01. The zero-order valence-electron chi connectivity index (χ0n) is 8.98. The lowest BCUT2D eigenvalue weighted by atomic mass is 10.2. The van der Waals surface area contributed by atoms with E-state index in [-0.39, 0.29) is 5.75 Å². The molecule has 17 heavy (non-hydrogen) atoms. The van der Waals surface area contributed by atoms with E-state index in [9.17, 15) is 8.78 Å². The van der Waals surface area contributed by atoms with E-state index in [0.717, 1.165) is 5.56 Å². The smallest absolute Gasteiger partial charge is 0.387 e. The molecule has 0 saturated heterocycles. The summed E-state index contributed by atoms with van der Waals surface area (Å²) in [6, 6.07) is 6.07. The topological polar surface area (TPSA) is 45.7 Å². The number of rotatable bonds is 4. The van der Waals surface area contributed by atoms with Crippen LogP contribution in [0.15, 0.2) is 29.4 Å². The molecule has 4 nitrogen and oxygen atoms in total. The molecule has 0 atom stereocenters. The average Bonchev–Trinajstić information content (AvgIpc) is 2.30. The van der Waals surface area contributed by atoms with Gasteiger partial charge in [-0.2, -0.15) is 13.9 Å². The SMILES string of the molecule is CNC(=S)N/N=C\c1ccc(OC(F)F)cc1. The minimum absolute atomic E-state index is 0.107. The highest BCUT2D eigenvalue weighted by Crippen LogP contribution is 2.13. The molecule has 0 unspecified atom stereocenters. The number of nitrogens with zero attached hydrogens (tertiary/aromatic N) is 1. The molecule has 7 heteroatoms. The molecule has 1 rings (SSSR count). The van der Waals surface area contributed by atoms with Crippen molar-refractivity contribution in [1.29, 1.82) is 0 Å². The van der Waals surface area contributed by atoms with Crippen LogP contribution in [0, 0.1) is 0 Å². The van der Waals surface area contributed by atoms with E-state index in [2.05, 4.69) is 20.6 Å². The van der Waals surface area contributed by atoms with Gasteiger partial charge >= 0.3 is 6.61 Å². The van der Waals surface area contributed by atoms with Gasteiger partial charge in [0, 0.05) is 7.05 Å². The summed E-state index contributed by atoms with van der Waals surface area (Å²) in [5.41, 5.74) is 3.30. The van der Waals surface area contributed by atoms with E-state index in [1.165, 1.54) is 18.3 Å². The minimum Gasteiger partial charge on any atom is -0.435 e. The maximum atomic E-state index is 11.9. The number of halogens is 2. The largest absolute Gasteiger partial charge is 0.435 e. The zero-order chi connectivity index (χ0) is 12.7. The van der Waals surface area contributed by atoms with Crippen molar-refractivity contribution in [1.82, 2.24) is 10.7 Å². The van der Waals surface area contributed by atoms with Crippen LogP contribution in [-0.2, 0) is 0 Å². The monoisotopic (exact) mass is 259 g/mol. The van der Waals surface area contributed by atoms with Crippen molar-refractivity contribution in [2.75, 3.05) is 7.05 Å². The van der Waals surface area contributed by atoms with Crippen LogP contribution in [0.1, 0.15) is 5.56 Å². The van der Waals surface area contributed by atoms with Gasteiger partial charge in [-0.05, 0) is 42.0 Å². The Morgan fingerprint density at radius 2 is 2.06 bits per heavy atom. The average molecular weight is 259 g/mol. The highest BCUT2D eigenvalue weighted by atomic mass is 32.1. The molecule has 0 spiro atoms.